The van der Waals surface area contributed by atoms with E-state index >= 15 is 0 Å². The molecule has 3 rings (SSSR count). The van der Waals surface area contributed by atoms with E-state index in [-0.39, 0.29) is 24.2 Å². The first-order chi connectivity index (χ1) is 13.0. The highest BCUT2D eigenvalue weighted by atomic mass is 32.1. The zero-order chi connectivity index (χ0) is 19.2. The van der Waals surface area contributed by atoms with E-state index < -0.39 is 0 Å². The third-order valence-electron chi connectivity index (χ3n) is 4.24. The van der Waals surface area contributed by atoms with Crippen molar-refractivity contribution in [1.82, 2.24) is 10.3 Å². The number of aromatic nitrogens is 1. The molecule has 140 valence electrons. The maximum atomic E-state index is 13.4. The summed E-state index contributed by atoms with van der Waals surface area (Å²) >= 11 is 1.54. The highest BCUT2D eigenvalue weighted by Crippen LogP contribution is 2.23. The van der Waals surface area contributed by atoms with E-state index in [1.54, 1.807) is 23.5 Å². The van der Waals surface area contributed by atoms with Crippen LogP contribution in [-0.4, -0.2) is 10.9 Å². The van der Waals surface area contributed by atoms with Gasteiger partial charge in [0.1, 0.15) is 10.8 Å². The molecule has 0 aliphatic heterocycles. The number of benzene rings is 2. The molecule has 0 saturated heterocycles. The molecule has 0 unspecified atom stereocenters. The van der Waals surface area contributed by atoms with Crippen molar-refractivity contribution in [3.05, 3.63) is 81.6 Å². The third kappa shape index (κ3) is 5.37. The number of carbonyl (C=O) groups excluding carboxylic acids is 1. The van der Waals surface area contributed by atoms with Crippen molar-refractivity contribution >= 4 is 22.9 Å². The summed E-state index contributed by atoms with van der Waals surface area (Å²) in [6.45, 7) is 2.05. The number of carbonyl (C=O) groups is 1. The molecule has 4 nitrogen and oxygen atoms in total. The second-order valence-corrected chi connectivity index (χ2v) is 7.29. The molecule has 1 amide bonds. The molecule has 0 aliphatic carbocycles. The van der Waals surface area contributed by atoms with Crippen LogP contribution in [0.3, 0.4) is 0 Å². The van der Waals surface area contributed by atoms with Crippen molar-refractivity contribution in [1.29, 1.82) is 0 Å². The van der Waals surface area contributed by atoms with Gasteiger partial charge in [0, 0.05) is 11.1 Å². The van der Waals surface area contributed by atoms with Crippen LogP contribution in [0.4, 0.5) is 10.1 Å². The van der Waals surface area contributed by atoms with Gasteiger partial charge in [-0.05, 0) is 48.2 Å². The van der Waals surface area contributed by atoms with Crippen LogP contribution in [0.1, 0.15) is 34.8 Å². The lowest BCUT2D eigenvalue weighted by Crippen LogP contribution is -2.31. The Morgan fingerprint density at radius 3 is 2.67 bits per heavy atom. The van der Waals surface area contributed by atoms with E-state index in [1.165, 1.54) is 12.1 Å². The van der Waals surface area contributed by atoms with Gasteiger partial charge < -0.3 is 11.1 Å². The number of thiazole rings is 1. The summed E-state index contributed by atoms with van der Waals surface area (Å²) in [7, 11) is 0. The van der Waals surface area contributed by atoms with Crippen LogP contribution in [0.25, 0.3) is 0 Å². The van der Waals surface area contributed by atoms with Gasteiger partial charge in [-0.3, -0.25) is 4.79 Å². The SMILES string of the molecule is CCc1csc([C@H](Cc2ccc(N)cc2)NC(=O)Cc2cccc(F)c2)n1. The topological polar surface area (TPSA) is 68.0 Å². The molecule has 0 aliphatic rings. The fraction of sp³-hybridized carbons (Fsp3) is 0.238. The van der Waals surface area contributed by atoms with Crippen molar-refractivity contribution in [2.75, 3.05) is 5.73 Å². The van der Waals surface area contributed by atoms with Gasteiger partial charge in [0.25, 0.3) is 0 Å². The lowest BCUT2D eigenvalue weighted by molar-refractivity contribution is -0.121. The van der Waals surface area contributed by atoms with E-state index in [2.05, 4.69) is 17.2 Å². The Kier molecular flexibility index (Phi) is 6.19. The van der Waals surface area contributed by atoms with Crippen molar-refractivity contribution in [3.63, 3.8) is 0 Å². The van der Waals surface area contributed by atoms with Gasteiger partial charge in [-0.25, -0.2) is 9.37 Å². The Morgan fingerprint density at radius 1 is 1.22 bits per heavy atom. The Bertz CT molecular complexity index is 908. The molecule has 27 heavy (non-hydrogen) atoms. The molecule has 3 aromatic rings. The Morgan fingerprint density at radius 2 is 2.00 bits per heavy atom. The van der Waals surface area contributed by atoms with Gasteiger partial charge in [0.15, 0.2) is 0 Å². The fourth-order valence-electron chi connectivity index (χ4n) is 2.81. The van der Waals surface area contributed by atoms with E-state index in [0.717, 1.165) is 22.7 Å². The van der Waals surface area contributed by atoms with Gasteiger partial charge in [0.05, 0.1) is 18.2 Å². The largest absolute Gasteiger partial charge is 0.399 e. The smallest absolute Gasteiger partial charge is 0.224 e. The van der Waals surface area contributed by atoms with Crippen molar-refractivity contribution in [2.45, 2.75) is 32.2 Å². The molecule has 0 spiro atoms. The first-order valence-corrected chi connectivity index (χ1v) is 9.74. The zero-order valence-corrected chi connectivity index (χ0v) is 15.9. The third-order valence-corrected chi connectivity index (χ3v) is 5.25. The van der Waals surface area contributed by atoms with Crippen LogP contribution >= 0.6 is 11.3 Å². The molecule has 1 atom stereocenters. The molecule has 0 bridgehead atoms. The summed E-state index contributed by atoms with van der Waals surface area (Å²) < 4.78 is 13.4. The number of aryl methyl sites for hydroxylation is 1. The average molecular weight is 383 g/mol. The zero-order valence-electron chi connectivity index (χ0n) is 15.1. The van der Waals surface area contributed by atoms with Gasteiger partial charge in [-0.15, -0.1) is 11.3 Å². The Hall–Kier alpha value is -2.73. The minimum atomic E-state index is -0.341. The number of anilines is 1. The van der Waals surface area contributed by atoms with Gasteiger partial charge in [-0.2, -0.15) is 0 Å². The molecule has 6 heteroatoms. The number of nitrogens with zero attached hydrogens (tertiary/aromatic N) is 1. The summed E-state index contributed by atoms with van der Waals surface area (Å²) in [5, 5.41) is 5.95. The minimum absolute atomic E-state index is 0.127. The molecular weight excluding hydrogens is 361 g/mol. The molecule has 0 fully saturated rings. The maximum absolute atomic E-state index is 13.4. The number of hydrogen-bond donors (Lipinski definition) is 2. The molecule has 1 heterocycles. The highest BCUT2D eigenvalue weighted by Gasteiger charge is 2.19. The maximum Gasteiger partial charge on any atom is 0.224 e. The normalized spacial score (nSPS) is 11.9. The molecule has 1 aromatic heterocycles. The number of nitrogens with two attached hydrogens (primary N) is 1. The number of rotatable bonds is 7. The predicted octanol–water partition coefficient (Wildman–Crippen LogP) is 4.07. The molecule has 2 aromatic carbocycles. The van der Waals surface area contributed by atoms with Crippen molar-refractivity contribution in [2.24, 2.45) is 0 Å². The van der Waals surface area contributed by atoms with E-state index in [9.17, 15) is 9.18 Å². The summed E-state index contributed by atoms with van der Waals surface area (Å²) in [6, 6.07) is 13.5. The summed E-state index contributed by atoms with van der Waals surface area (Å²) in [5.74, 6) is -0.500. The van der Waals surface area contributed by atoms with Gasteiger partial charge >= 0.3 is 0 Å². The number of nitrogen functional groups attached to an aromatic ring is 1. The second kappa shape index (κ2) is 8.77. The predicted molar refractivity (Wildman–Crippen MR) is 107 cm³/mol. The number of amides is 1. The van der Waals surface area contributed by atoms with Crippen LogP contribution in [0.5, 0.6) is 0 Å². The molecular formula is C21H22FN3OS. The summed E-state index contributed by atoms with van der Waals surface area (Å²) in [4.78, 5) is 17.2. The highest BCUT2D eigenvalue weighted by molar-refractivity contribution is 7.09. The molecule has 0 radical (unpaired) electrons. The minimum Gasteiger partial charge on any atom is -0.399 e. The lowest BCUT2D eigenvalue weighted by atomic mass is 10.0. The quantitative estimate of drug-likeness (QED) is 0.604. The number of hydrogen-bond acceptors (Lipinski definition) is 4. The lowest BCUT2D eigenvalue weighted by Gasteiger charge is -2.17. The van der Waals surface area contributed by atoms with E-state index in [4.69, 9.17) is 5.73 Å². The van der Waals surface area contributed by atoms with Crippen LogP contribution < -0.4 is 11.1 Å². The fourth-order valence-corrected chi connectivity index (χ4v) is 3.76. The van der Waals surface area contributed by atoms with Crippen LogP contribution in [0.2, 0.25) is 0 Å². The first-order valence-electron chi connectivity index (χ1n) is 8.86. The van der Waals surface area contributed by atoms with Crippen molar-refractivity contribution < 1.29 is 9.18 Å². The first kappa shape index (κ1) is 19.0. The van der Waals surface area contributed by atoms with Crippen LogP contribution in [0.15, 0.2) is 53.9 Å². The van der Waals surface area contributed by atoms with E-state index in [0.29, 0.717) is 17.7 Å². The second-order valence-electron chi connectivity index (χ2n) is 6.40. The standard InChI is InChI=1S/C21H22FN3OS/c1-2-18-13-27-21(24-18)19(11-14-6-8-17(23)9-7-14)25-20(26)12-15-4-3-5-16(22)10-15/h3-10,13,19H,2,11-12,23H2,1H3,(H,25,26)/t19-/m0/s1. The Balaban J connectivity index is 1.76. The Labute approximate surface area is 162 Å². The summed E-state index contributed by atoms with van der Waals surface area (Å²) in [5.41, 5.74) is 9.18. The van der Waals surface area contributed by atoms with E-state index in [1.807, 2.05) is 29.6 Å². The monoisotopic (exact) mass is 383 g/mol. The van der Waals surface area contributed by atoms with Crippen LogP contribution in [-0.2, 0) is 24.1 Å². The van der Waals surface area contributed by atoms with Crippen LogP contribution in [0, 0.1) is 5.82 Å². The summed E-state index contributed by atoms with van der Waals surface area (Å²) in [6.07, 6.45) is 1.59. The molecule has 3 N–H and O–H groups in total. The number of halogens is 1. The molecule has 0 saturated carbocycles. The van der Waals surface area contributed by atoms with Crippen molar-refractivity contribution in [3.8, 4) is 0 Å². The van der Waals surface area contributed by atoms with Gasteiger partial charge in [0.2, 0.25) is 5.91 Å². The van der Waals surface area contributed by atoms with Gasteiger partial charge in [-0.1, -0.05) is 31.2 Å². The average Bonchev–Trinajstić information content (AvgIpc) is 3.12. The number of nitrogens with one attached hydrogen (secondary N) is 1.